The molecule has 0 aliphatic heterocycles. The van der Waals surface area contributed by atoms with Gasteiger partial charge < -0.3 is 5.11 Å². The fourth-order valence-corrected chi connectivity index (χ4v) is 6.24. The molecule has 0 fully saturated rings. The van der Waals surface area contributed by atoms with Gasteiger partial charge in [-0.15, -0.1) is 19.7 Å². The van der Waals surface area contributed by atoms with E-state index < -0.39 is 0 Å². The Balaban J connectivity index is -0.0000000444. The fourth-order valence-electron chi connectivity index (χ4n) is 6.24. The summed E-state index contributed by atoms with van der Waals surface area (Å²) < 4.78 is 0. The van der Waals surface area contributed by atoms with Crippen molar-refractivity contribution in [1.82, 2.24) is 0 Å². The van der Waals surface area contributed by atoms with Gasteiger partial charge in [0.15, 0.2) is 0 Å². The molecule has 112 heavy (non-hydrogen) atoms. The molecule has 0 aromatic carbocycles. The summed E-state index contributed by atoms with van der Waals surface area (Å²) in [7, 11) is 0. The van der Waals surface area contributed by atoms with E-state index in [1.807, 2.05) is 25.2 Å². The lowest BCUT2D eigenvalue weighted by atomic mass is 9.84. The SMILES string of the molecule is C=CC(C)C.C=CCC(C)C.C=CCCC(C)C.CC(C)C.CC(C)C.CC(C)C.CC(C)C.CC(C)C.CC(C)C.CC(C)C.CC(C)C(C)(C)C.CC(C)CC(C)(C)C.CC(C)CC(C)(C)C.CC(C)CC(C)O.CC(C)CCCC#N.CCC(C)C.CCC(C)C.CCCC(C)C.CCCC(C)C.CCCC(C)C. The van der Waals surface area contributed by atoms with E-state index in [1.165, 1.54) is 77.0 Å². The molecule has 702 valence electrons. The minimum Gasteiger partial charge on any atom is -0.393 e. The maximum Gasteiger partial charge on any atom is 0.0621 e. The van der Waals surface area contributed by atoms with E-state index in [1.54, 1.807) is 0 Å². The zero-order valence-corrected chi connectivity index (χ0v) is 92.9. The number of allylic oxidation sites excluding steroid dienone is 3. The minimum absolute atomic E-state index is 0.125. The Labute approximate surface area is 729 Å². The Kier molecular flexibility index (Phi) is 185. The van der Waals surface area contributed by atoms with E-state index in [2.05, 4.69) is 448 Å². The van der Waals surface area contributed by atoms with Gasteiger partial charge in [-0.05, 0) is 193 Å². The number of hydrogen-bond donors (Lipinski definition) is 1. The summed E-state index contributed by atoms with van der Waals surface area (Å²) in [6, 6.07) is 2.12. The first-order chi connectivity index (χ1) is 50.0. The molecular formula is C110H251NO. The molecule has 0 rings (SSSR count). The Morgan fingerprint density at radius 1 is 0.304 bits per heavy atom. The van der Waals surface area contributed by atoms with Gasteiger partial charge in [-0.25, -0.2) is 0 Å². The van der Waals surface area contributed by atoms with Crippen molar-refractivity contribution in [3.63, 3.8) is 0 Å². The lowest BCUT2D eigenvalue weighted by molar-refractivity contribution is 0.168. The maximum absolute atomic E-state index is 8.72. The Bertz CT molecular complexity index is 1340. The zero-order valence-electron chi connectivity index (χ0n) is 92.9. The van der Waals surface area contributed by atoms with E-state index >= 15 is 0 Å². The molecule has 0 radical (unpaired) electrons. The van der Waals surface area contributed by atoms with Gasteiger partial charge in [-0.1, -0.05) is 492 Å². The van der Waals surface area contributed by atoms with Crippen LogP contribution >= 0.6 is 0 Å². The standard InChI is InChI=1S/2C8H18.C7H13N.C7H16.C7H14.C6H14O.3C6H14.C6H12.2C5H12.C5H10.7C4H10/c2*1-7(2)6-8(3,4)5;1-7(2)5-3-4-6-8;1-6(2)7(3,4)5;1-4-5-6-7(2)3;1-5(2)4-6(3)7;4*1-4-5-6(2)3;3*1-4-5(2)3;7*1-4(2)3/h2*7H,6H2,1-5H3;7H,3-5H2,1-2H3;6H,1-5H3;4,7H,1,5-6H2,2-3H3;5-7H,4H2,1-3H3;3*6H,4-5H2,1-3H3;4,6H,1,5H2,2-3H3;2*5H,4H2,1-3H3;4-5H,1H2,2-3H3;7*4H,1-3H3. The summed E-state index contributed by atoms with van der Waals surface area (Å²) in [5, 5.41) is 16.9. The van der Waals surface area contributed by atoms with Crippen LogP contribution in [-0.4, -0.2) is 11.2 Å². The number of aliphatic hydroxyl groups excluding tert-OH is 1. The van der Waals surface area contributed by atoms with Crippen molar-refractivity contribution in [1.29, 1.82) is 5.26 Å². The van der Waals surface area contributed by atoms with Crippen LogP contribution in [0.1, 0.15) is 538 Å². The number of hydrogen-bond acceptors (Lipinski definition) is 2. The molecular weight excluding hydrogens is 1350 g/mol. The van der Waals surface area contributed by atoms with Crippen LogP contribution in [0.4, 0.5) is 0 Å². The van der Waals surface area contributed by atoms with E-state index in [9.17, 15) is 0 Å². The predicted molar refractivity (Wildman–Crippen MR) is 550 cm³/mol. The summed E-state index contributed by atoms with van der Waals surface area (Å²) in [4.78, 5) is 0. The maximum atomic E-state index is 8.72. The molecule has 0 aromatic rings. The van der Waals surface area contributed by atoms with Crippen molar-refractivity contribution in [3.05, 3.63) is 38.0 Å². The van der Waals surface area contributed by atoms with Crippen LogP contribution in [0.15, 0.2) is 38.0 Å². The Morgan fingerprint density at radius 3 is 0.536 bits per heavy atom. The summed E-state index contributed by atoms with van der Waals surface area (Å²) in [5.74, 6) is 16.4. The molecule has 0 aliphatic carbocycles. The molecule has 0 heterocycles. The van der Waals surface area contributed by atoms with Crippen molar-refractivity contribution < 1.29 is 5.11 Å². The third-order valence-electron chi connectivity index (χ3n) is 11.9. The van der Waals surface area contributed by atoms with Crippen molar-refractivity contribution in [2.24, 2.45) is 135 Å². The van der Waals surface area contributed by atoms with Gasteiger partial charge in [0.25, 0.3) is 0 Å². The number of rotatable bonds is 21. The number of aliphatic hydroxyl groups is 1. The highest BCUT2D eigenvalue weighted by Crippen LogP contribution is 2.25. The van der Waals surface area contributed by atoms with E-state index in [-0.39, 0.29) is 6.10 Å². The molecule has 0 aliphatic rings. The molecule has 0 amide bonds. The van der Waals surface area contributed by atoms with Crippen LogP contribution in [0.2, 0.25) is 0 Å². The lowest BCUT2D eigenvalue weighted by Gasteiger charge is -2.22. The average Bonchev–Trinajstić information content (AvgIpc) is 0.967. The molecule has 0 aromatic heterocycles. The number of unbranched alkanes of at least 4 members (excludes halogenated alkanes) is 1. The number of nitrogens with zero attached hydrogens (tertiary/aromatic N) is 1. The van der Waals surface area contributed by atoms with Crippen molar-refractivity contribution in [3.8, 4) is 6.07 Å². The van der Waals surface area contributed by atoms with Gasteiger partial charge in [-0.2, -0.15) is 5.26 Å². The monoisotopic (exact) mass is 1600 g/mol. The molecule has 1 unspecified atom stereocenters. The summed E-state index contributed by atoms with van der Waals surface area (Å²) in [6.45, 7) is 147. The second-order valence-corrected chi connectivity index (χ2v) is 44.7. The van der Waals surface area contributed by atoms with Crippen molar-refractivity contribution in [2.45, 2.75) is 545 Å². The molecule has 0 bridgehead atoms. The van der Waals surface area contributed by atoms with Crippen LogP contribution < -0.4 is 0 Å². The molecule has 0 saturated heterocycles. The topological polar surface area (TPSA) is 44.0 Å². The van der Waals surface area contributed by atoms with E-state index in [4.69, 9.17) is 10.4 Å². The molecule has 0 spiro atoms. The van der Waals surface area contributed by atoms with E-state index in [0.29, 0.717) is 28.1 Å². The van der Waals surface area contributed by atoms with Crippen LogP contribution in [0, 0.1) is 146 Å². The van der Waals surface area contributed by atoms with Gasteiger partial charge >= 0.3 is 0 Å². The van der Waals surface area contributed by atoms with Crippen LogP contribution in [0.25, 0.3) is 0 Å². The molecule has 1 atom stereocenters. The number of nitriles is 1. The van der Waals surface area contributed by atoms with Crippen LogP contribution in [0.3, 0.4) is 0 Å². The van der Waals surface area contributed by atoms with E-state index in [0.717, 1.165) is 139 Å². The smallest absolute Gasteiger partial charge is 0.0621 e. The summed E-state index contributed by atoms with van der Waals surface area (Å²) in [5.41, 5.74) is 1.54. The highest BCUT2D eigenvalue weighted by molar-refractivity contribution is 4.70. The lowest BCUT2D eigenvalue weighted by Crippen LogP contribution is -2.12. The highest BCUT2D eigenvalue weighted by atomic mass is 16.3. The van der Waals surface area contributed by atoms with Crippen LogP contribution in [-0.2, 0) is 0 Å². The Morgan fingerprint density at radius 2 is 0.500 bits per heavy atom. The van der Waals surface area contributed by atoms with Crippen molar-refractivity contribution in [2.75, 3.05) is 0 Å². The highest BCUT2D eigenvalue weighted by Gasteiger charge is 2.14. The predicted octanol–water partition coefficient (Wildman–Crippen LogP) is 42.3. The zero-order chi connectivity index (χ0) is 95.5. The third-order valence-corrected chi connectivity index (χ3v) is 11.9. The largest absolute Gasteiger partial charge is 0.393 e. The van der Waals surface area contributed by atoms with Gasteiger partial charge in [0.05, 0.1) is 12.2 Å². The minimum atomic E-state index is -0.125. The van der Waals surface area contributed by atoms with Gasteiger partial charge in [0.1, 0.15) is 0 Å². The van der Waals surface area contributed by atoms with Crippen LogP contribution in [0.5, 0.6) is 0 Å². The molecule has 2 nitrogen and oxygen atoms in total. The third kappa shape index (κ3) is 604. The Hall–Kier alpha value is -1.33. The average molecular weight is 1600 g/mol. The van der Waals surface area contributed by atoms with Crippen molar-refractivity contribution >= 4 is 0 Å². The van der Waals surface area contributed by atoms with Gasteiger partial charge in [0, 0.05) is 6.42 Å². The first-order valence-electron chi connectivity index (χ1n) is 47.9. The fraction of sp³-hybridized carbons (Fsp3) is 0.936. The first kappa shape index (κ1) is 162. The summed E-state index contributed by atoms with van der Waals surface area (Å²) >= 11 is 0. The van der Waals surface area contributed by atoms with Gasteiger partial charge in [0.2, 0.25) is 0 Å². The first-order valence-corrected chi connectivity index (χ1v) is 47.9. The molecule has 2 heteroatoms. The quantitative estimate of drug-likeness (QED) is 0.0919. The normalized spacial score (nSPS) is 10.4. The second-order valence-electron chi connectivity index (χ2n) is 44.7. The summed E-state index contributed by atoms with van der Waals surface area (Å²) in [6.07, 6.45) is 26.6. The molecule has 1 N–H and O–H groups in total. The molecule has 0 saturated carbocycles. The second kappa shape index (κ2) is 128. The van der Waals surface area contributed by atoms with Gasteiger partial charge in [-0.3, -0.25) is 0 Å².